The number of benzene rings is 2. The van der Waals surface area contributed by atoms with Crippen LogP contribution in [0.25, 0.3) is 6.08 Å². The molecule has 1 fully saturated rings. The number of rotatable bonds is 6. The fraction of sp³-hybridized carbons (Fsp3) is 0.531. The minimum Gasteiger partial charge on any atom is -0.543 e. The lowest BCUT2D eigenvalue weighted by Gasteiger charge is -2.53. The summed E-state index contributed by atoms with van der Waals surface area (Å²) >= 11 is 0. The Hall–Kier alpha value is -3.21. The molecular formula is C32H44N2O7Si. The van der Waals surface area contributed by atoms with E-state index in [9.17, 15) is 15.0 Å². The first-order valence-corrected chi connectivity index (χ1v) is 17.3. The van der Waals surface area contributed by atoms with E-state index in [0.717, 1.165) is 22.3 Å². The summed E-state index contributed by atoms with van der Waals surface area (Å²) in [6.07, 6.45) is 2.41. The van der Waals surface area contributed by atoms with E-state index in [4.69, 9.17) is 18.6 Å². The van der Waals surface area contributed by atoms with Crippen LogP contribution in [-0.4, -0.2) is 75.3 Å². The maximum absolute atomic E-state index is 14.3. The quantitative estimate of drug-likeness (QED) is 0.437. The van der Waals surface area contributed by atoms with Crippen molar-refractivity contribution in [2.24, 2.45) is 0 Å². The summed E-state index contributed by atoms with van der Waals surface area (Å²) in [7, 11) is 4.27. The van der Waals surface area contributed by atoms with Gasteiger partial charge in [0.25, 0.3) is 8.32 Å². The minimum atomic E-state index is -2.35. The second kappa shape index (κ2) is 10.2. The standard InChI is InChI=1S/C32H44N2O7Si/c1-16-12-18-13-21-31(37)34-20(25(33(21)6)23(18)26(36)27(16)38-7)14-19-24(22(34)15-35)30(40-9)29(39-8)17(2)28(19)41-42(10,11)32(3,4)5/h12,14,21-22,25,35-36H,13,15H2,1-11H3/t21-,22-,25+/m0/s1. The van der Waals surface area contributed by atoms with E-state index in [1.54, 1.807) is 26.2 Å². The highest BCUT2D eigenvalue weighted by Gasteiger charge is 2.53. The number of carbonyl (C=O) groups excluding carboxylic acids is 1. The van der Waals surface area contributed by atoms with Gasteiger partial charge in [-0.25, -0.2) is 0 Å². The van der Waals surface area contributed by atoms with Crippen molar-refractivity contribution in [2.75, 3.05) is 35.0 Å². The van der Waals surface area contributed by atoms with E-state index >= 15 is 0 Å². The number of piperazine rings is 1. The maximum Gasteiger partial charge on any atom is 0.250 e. The highest BCUT2D eigenvalue weighted by atomic mass is 28.4. The molecule has 0 saturated carbocycles. The van der Waals surface area contributed by atoms with Gasteiger partial charge in [-0.05, 0) is 62.7 Å². The highest BCUT2D eigenvalue weighted by molar-refractivity contribution is 6.74. The second-order valence-corrected chi connectivity index (χ2v) is 17.8. The van der Waals surface area contributed by atoms with Gasteiger partial charge in [-0.15, -0.1) is 0 Å². The molecule has 3 aliphatic rings. The predicted octanol–water partition coefficient (Wildman–Crippen LogP) is 5.25. The van der Waals surface area contributed by atoms with Crippen LogP contribution < -0.4 is 18.6 Å². The summed E-state index contributed by atoms with van der Waals surface area (Å²) in [6.45, 7) is 14.4. The lowest BCUT2D eigenvalue weighted by molar-refractivity contribution is -0.144. The van der Waals surface area contributed by atoms with Gasteiger partial charge in [-0.3, -0.25) is 9.69 Å². The van der Waals surface area contributed by atoms with Gasteiger partial charge in [-0.2, -0.15) is 0 Å². The predicted molar refractivity (Wildman–Crippen MR) is 164 cm³/mol. The lowest BCUT2D eigenvalue weighted by Crippen LogP contribution is -2.60. The molecule has 1 amide bonds. The number of aromatic hydroxyl groups is 1. The topological polar surface area (TPSA) is 101 Å². The van der Waals surface area contributed by atoms with Crippen molar-refractivity contribution in [1.82, 2.24) is 9.80 Å². The van der Waals surface area contributed by atoms with Crippen molar-refractivity contribution >= 4 is 20.3 Å². The number of aliphatic hydroxyl groups excluding tert-OH is 1. The van der Waals surface area contributed by atoms with Crippen molar-refractivity contribution in [3.05, 3.63) is 45.1 Å². The summed E-state index contributed by atoms with van der Waals surface area (Å²) in [5.74, 6) is 2.04. The molecule has 2 aromatic carbocycles. The van der Waals surface area contributed by atoms with Crippen LogP contribution in [-0.2, 0) is 11.2 Å². The van der Waals surface area contributed by atoms with Crippen LogP contribution in [0.5, 0.6) is 28.7 Å². The number of nitrogens with zero attached hydrogens (tertiary/aromatic N) is 2. The second-order valence-electron chi connectivity index (χ2n) is 13.1. The summed E-state index contributed by atoms with van der Waals surface area (Å²) in [4.78, 5) is 18.0. The van der Waals surface area contributed by atoms with Gasteiger partial charge in [0.15, 0.2) is 23.0 Å². The molecule has 1 saturated heterocycles. The summed E-state index contributed by atoms with van der Waals surface area (Å²) < 4.78 is 24.4. The average molecular weight is 597 g/mol. The fourth-order valence-corrected chi connectivity index (χ4v) is 7.69. The number of hydrogen-bond acceptors (Lipinski definition) is 8. The third-order valence-corrected chi connectivity index (χ3v) is 14.1. The zero-order chi connectivity index (χ0) is 31.0. The Morgan fingerprint density at radius 2 is 1.62 bits per heavy atom. The first kappa shape index (κ1) is 30.3. The molecule has 10 heteroatoms. The monoisotopic (exact) mass is 596 g/mol. The van der Waals surface area contributed by atoms with E-state index in [1.165, 1.54) is 0 Å². The van der Waals surface area contributed by atoms with Crippen LogP contribution in [0.1, 0.15) is 66.2 Å². The Morgan fingerprint density at radius 3 is 2.17 bits per heavy atom. The molecule has 0 unspecified atom stereocenters. The normalized spacial score (nSPS) is 21.7. The van der Waals surface area contributed by atoms with Crippen LogP contribution >= 0.6 is 0 Å². The number of fused-ring (bicyclic) bond motifs is 7. The molecular weight excluding hydrogens is 552 g/mol. The number of carbonyl (C=O) groups is 1. The van der Waals surface area contributed by atoms with E-state index < -0.39 is 26.4 Å². The van der Waals surface area contributed by atoms with Gasteiger partial charge in [-0.1, -0.05) is 26.8 Å². The maximum atomic E-state index is 14.3. The molecule has 42 heavy (non-hydrogen) atoms. The molecule has 2 N–H and O–H groups in total. The van der Waals surface area contributed by atoms with E-state index in [-0.39, 0.29) is 23.3 Å². The van der Waals surface area contributed by atoms with Crippen molar-refractivity contribution in [3.8, 4) is 28.7 Å². The number of amides is 1. The van der Waals surface area contributed by atoms with Crippen LogP contribution in [0.4, 0.5) is 0 Å². The number of hydrogen-bond donors (Lipinski definition) is 2. The Morgan fingerprint density at radius 1 is 1.00 bits per heavy atom. The van der Waals surface area contributed by atoms with Crippen LogP contribution in [0.2, 0.25) is 18.1 Å². The van der Waals surface area contributed by atoms with Crippen LogP contribution in [0.15, 0.2) is 11.8 Å². The molecule has 0 aliphatic carbocycles. The molecule has 0 aromatic heterocycles. The Balaban J connectivity index is 1.87. The number of likely N-dealkylation sites (N-methyl/N-ethyl adjacent to an activating group) is 1. The summed E-state index contributed by atoms with van der Waals surface area (Å²) in [6, 6.07) is 0.341. The largest absolute Gasteiger partial charge is 0.543 e. The molecule has 2 aromatic rings. The lowest BCUT2D eigenvalue weighted by atomic mass is 9.78. The Labute approximate surface area is 249 Å². The van der Waals surface area contributed by atoms with E-state index in [0.29, 0.717) is 46.2 Å². The number of phenols is 1. The van der Waals surface area contributed by atoms with Crippen molar-refractivity contribution < 1.29 is 33.6 Å². The molecule has 3 heterocycles. The first-order valence-electron chi connectivity index (χ1n) is 14.4. The van der Waals surface area contributed by atoms with Crippen LogP contribution in [0.3, 0.4) is 0 Å². The highest BCUT2D eigenvalue weighted by Crippen LogP contribution is 2.58. The number of aryl methyl sites for hydroxylation is 1. The van der Waals surface area contributed by atoms with Crippen molar-refractivity contribution in [1.29, 1.82) is 0 Å². The van der Waals surface area contributed by atoms with Gasteiger partial charge < -0.3 is 33.7 Å². The van der Waals surface area contributed by atoms with Gasteiger partial charge in [0.2, 0.25) is 5.91 Å². The molecule has 3 atom stereocenters. The zero-order valence-electron chi connectivity index (χ0n) is 26.6. The number of methoxy groups -OCH3 is 3. The van der Waals surface area contributed by atoms with Gasteiger partial charge in [0.05, 0.1) is 46.1 Å². The Bertz CT molecular complexity index is 1490. The van der Waals surface area contributed by atoms with Gasteiger partial charge in [0, 0.05) is 28.0 Å². The summed E-state index contributed by atoms with van der Waals surface area (Å²) in [5.41, 5.74) is 5.31. The third kappa shape index (κ3) is 4.13. The first-order chi connectivity index (χ1) is 19.6. The minimum absolute atomic E-state index is 0.0746. The van der Waals surface area contributed by atoms with Crippen molar-refractivity contribution in [3.63, 3.8) is 0 Å². The molecule has 5 rings (SSSR count). The molecule has 228 valence electrons. The number of aliphatic hydroxyl groups is 1. The van der Waals surface area contributed by atoms with E-state index in [1.807, 2.05) is 37.9 Å². The molecule has 0 radical (unpaired) electrons. The number of ether oxygens (including phenoxy) is 3. The smallest absolute Gasteiger partial charge is 0.250 e. The number of phenolic OH excluding ortho intramolecular Hbond substituents is 1. The average Bonchev–Trinajstić information content (AvgIpc) is 2.91. The Kier molecular flexibility index (Phi) is 7.35. The molecule has 3 aliphatic heterocycles. The van der Waals surface area contributed by atoms with Crippen LogP contribution in [0, 0.1) is 13.8 Å². The van der Waals surface area contributed by atoms with E-state index in [2.05, 4.69) is 33.9 Å². The fourth-order valence-electron chi connectivity index (χ4n) is 6.61. The SMILES string of the molecule is COc1c(C)cc2c(c1O)[C@H]1C3=Cc4c(O[Si](C)(C)C(C)(C)C)c(C)c(OC)c(OC)c4[C@H](CO)N3C(=O)[C@H](C2)N1C. The third-order valence-electron chi connectivity index (χ3n) is 9.78. The van der Waals surface area contributed by atoms with Gasteiger partial charge in [0.1, 0.15) is 5.75 Å². The molecule has 9 nitrogen and oxygen atoms in total. The summed E-state index contributed by atoms with van der Waals surface area (Å²) in [5, 5.41) is 22.4. The van der Waals surface area contributed by atoms with Crippen molar-refractivity contribution in [2.45, 2.75) is 77.3 Å². The van der Waals surface area contributed by atoms with Gasteiger partial charge >= 0.3 is 0 Å². The molecule has 2 bridgehead atoms. The zero-order valence-corrected chi connectivity index (χ0v) is 27.6. The molecule has 0 spiro atoms.